The van der Waals surface area contributed by atoms with Crippen LogP contribution in [0.25, 0.3) is 0 Å². The summed E-state index contributed by atoms with van der Waals surface area (Å²) in [6, 6.07) is 8.19. The first kappa shape index (κ1) is 14.8. The van der Waals surface area contributed by atoms with Crippen LogP contribution < -0.4 is 5.32 Å². The van der Waals surface area contributed by atoms with Gasteiger partial charge in [0.25, 0.3) is 0 Å². The Hall–Kier alpha value is -1.65. The van der Waals surface area contributed by atoms with Crippen LogP contribution in [0, 0.1) is 11.6 Å². The Morgan fingerprint density at radius 3 is 2.60 bits per heavy atom. The van der Waals surface area contributed by atoms with Gasteiger partial charge in [-0.25, -0.2) is 8.78 Å². The van der Waals surface area contributed by atoms with E-state index in [1.165, 1.54) is 18.2 Å². The van der Waals surface area contributed by atoms with Gasteiger partial charge in [-0.15, -0.1) is 0 Å². The average molecular weight is 298 g/mol. The molecule has 2 N–H and O–H groups in total. The van der Waals surface area contributed by atoms with Gasteiger partial charge in [0.2, 0.25) is 0 Å². The van der Waals surface area contributed by atoms with E-state index in [1.54, 1.807) is 12.1 Å². The van der Waals surface area contributed by atoms with E-state index in [4.69, 9.17) is 11.6 Å². The number of benzene rings is 2. The normalized spacial score (nSPS) is 12.4. The maximum atomic E-state index is 13.0. The molecule has 106 valence electrons. The van der Waals surface area contributed by atoms with Crippen LogP contribution in [0.3, 0.4) is 0 Å². The summed E-state index contributed by atoms with van der Waals surface area (Å²) in [5.41, 5.74) is 1.42. The summed E-state index contributed by atoms with van der Waals surface area (Å²) in [6.45, 7) is 2.30. The highest BCUT2D eigenvalue weighted by molar-refractivity contribution is 6.30. The first-order valence-electron chi connectivity index (χ1n) is 6.13. The quantitative estimate of drug-likeness (QED) is 0.887. The lowest BCUT2D eigenvalue weighted by Crippen LogP contribution is -2.18. The van der Waals surface area contributed by atoms with Crippen molar-refractivity contribution in [3.63, 3.8) is 0 Å². The second-order valence-corrected chi connectivity index (χ2v) is 4.96. The molecule has 0 amide bonds. The molecule has 0 heterocycles. The first-order chi connectivity index (χ1) is 9.47. The number of halogens is 3. The molecule has 2 aromatic carbocycles. The van der Waals surface area contributed by atoms with E-state index in [0.29, 0.717) is 12.1 Å². The van der Waals surface area contributed by atoms with E-state index in [-0.39, 0.29) is 16.8 Å². The van der Waals surface area contributed by atoms with Crippen LogP contribution >= 0.6 is 11.6 Å². The van der Waals surface area contributed by atoms with E-state index in [0.717, 1.165) is 11.6 Å². The number of phenolic OH excluding ortho intramolecular Hbond substituents is 1. The topological polar surface area (TPSA) is 32.3 Å². The van der Waals surface area contributed by atoms with Gasteiger partial charge in [0.1, 0.15) is 17.4 Å². The standard InChI is InChI=1S/C15H14ClF2NO/c1-9(12-4-3-11(17)7-15(12)20)19-8-10-2-5-14(18)13(16)6-10/h2-7,9,19-20H,8H2,1H3. The van der Waals surface area contributed by atoms with E-state index in [1.807, 2.05) is 6.92 Å². The third kappa shape index (κ3) is 3.46. The largest absolute Gasteiger partial charge is 0.508 e. The molecule has 0 aliphatic carbocycles. The molecule has 0 saturated carbocycles. The van der Waals surface area contributed by atoms with Gasteiger partial charge < -0.3 is 10.4 Å². The van der Waals surface area contributed by atoms with E-state index in [9.17, 15) is 13.9 Å². The molecule has 20 heavy (non-hydrogen) atoms. The van der Waals surface area contributed by atoms with Crippen molar-refractivity contribution in [2.45, 2.75) is 19.5 Å². The summed E-state index contributed by atoms with van der Waals surface area (Å²) in [5, 5.41) is 12.9. The van der Waals surface area contributed by atoms with Gasteiger partial charge in [-0.3, -0.25) is 0 Å². The third-order valence-corrected chi connectivity index (χ3v) is 3.35. The maximum Gasteiger partial charge on any atom is 0.141 e. The van der Waals surface area contributed by atoms with Gasteiger partial charge in [0.15, 0.2) is 0 Å². The summed E-state index contributed by atoms with van der Waals surface area (Å²) in [4.78, 5) is 0. The zero-order valence-corrected chi connectivity index (χ0v) is 11.6. The molecule has 0 aliphatic heterocycles. The summed E-state index contributed by atoms with van der Waals surface area (Å²) >= 11 is 5.70. The van der Waals surface area contributed by atoms with Crippen molar-refractivity contribution in [3.8, 4) is 5.75 Å². The Labute approximate surface area is 121 Å². The second kappa shape index (κ2) is 6.20. The molecular formula is C15H14ClF2NO. The predicted molar refractivity (Wildman–Crippen MR) is 74.7 cm³/mol. The lowest BCUT2D eigenvalue weighted by atomic mass is 10.1. The smallest absolute Gasteiger partial charge is 0.141 e. The average Bonchev–Trinajstić information content (AvgIpc) is 2.40. The number of phenols is 1. The fraction of sp³-hybridized carbons (Fsp3) is 0.200. The summed E-state index contributed by atoms with van der Waals surface area (Å²) in [7, 11) is 0. The molecule has 2 nitrogen and oxygen atoms in total. The van der Waals surface area contributed by atoms with Crippen molar-refractivity contribution in [3.05, 3.63) is 64.2 Å². The Morgan fingerprint density at radius 2 is 1.95 bits per heavy atom. The van der Waals surface area contributed by atoms with Gasteiger partial charge in [-0.2, -0.15) is 0 Å². The summed E-state index contributed by atoms with van der Waals surface area (Å²) in [5.74, 6) is -1.04. The minimum atomic E-state index is -0.483. The summed E-state index contributed by atoms with van der Waals surface area (Å²) in [6.07, 6.45) is 0. The zero-order chi connectivity index (χ0) is 14.7. The minimum Gasteiger partial charge on any atom is -0.508 e. The molecule has 2 rings (SSSR count). The molecule has 0 radical (unpaired) electrons. The highest BCUT2D eigenvalue weighted by Gasteiger charge is 2.11. The molecule has 5 heteroatoms. The van der Waals surface area contributed by atoms with Gasteiger partial charge >= 0.3 is 0 Å². The highest BCUT2D eigenvalue weighted by atomic mass is 35.5. The lowest BCUT2D eigenvalue weighted by molar-refractivity contribution is 0.446. The zero-order valence-electron chi connectivity index (χ0n) is 10.8. The molecule has 0 aromatic heterocycles. The fourth-order valence-corrected chi connectivity index (χ4v) is 2.12. The predicted octanol–water partition coefficient (Wildman–Crippen LogP) is 4.17. The van der Waals surface area contributed by atoms with Gasteiger partial charge in [-0.05, 0) is 30.7 Å². The second-order valence-electron chi connectivity index (χ2n) is 4.55. The molecule has 0 spiro atoms. The van der Waals surface area contributed by atoms with E-state index < -0.39 is 11.6 Å². The molecule has 0 bridgehead atoms. The van der Waals surface area contributed by atoms with Crippen LogP contribution in [0.5, 0.6) is 5.75 Å². The number of rotatable bonds is 4. The van der Waals surface area contributed by atoms with Gasteiger partial charge in [0, 0.05) is 24.2 Å². The minimum absolute atomic E-state index is 0.0709. The van der Waals surface area contributed by atoms with Crippen LogP contribution in [0.15, 0.2) is 36.4 Å². The first-order valence-corrected chi connectivity index (χ1v) is 6.51. The molecule has 0 fully saturated rings. The Kier molecular flexibility index (Phi) is 4.57. The SMILES string of the molecule is CC(NCc1ccc(F)c(Cl)c1)c1ccc(F)cc1O. The molecule has 1 atom stereocenters. The number of nitrogens with one attached hydrogen (secondary N) is 1. The lowest BCUT2D eigenvalue weighted by Gasteiger charge is -2.16. The van der Waals surface area contributed by atoms with Crippen molar-refractivity contribution < 1.29 is 13.9 Å². The van der Waals surface area contributed by atoms with Gasteiger partial charge in [-0.1, -0.05) is 23.7 Å². The van der Waals surface area contributed by atoms with Crippen LogP contribution in [0.1, 0.15) is 24.1 Å². The van der Waals surface area contributed by atoms with Gasteiger partial charge in [0.05, 0.1) is 5.02 Å². The van der Waals surface area contributed by atoms with Crippen LogP contribution in [-0.2, 0) is 6.54 Å². The molecule has 1 unspecified atom stereocenters. The van der Waals surface area contributed by atoms with Crippen molar-refractivity contribution in [1.82, 2.24) is 5.32 Å². The van der Waals surface area contributed by atoms with E-state index >= 15 is 0 Å². The third-order valence-electron chi connectivity index (χ3n) is 3.06. The van der Waals surface area contributed by atoms with Crippen molar-refractivity contribution >= 4 is 11.6 Å². The van der Waals surface area contributed by atoms with Crippen LogP contribution in [0.2, 0.25) is 5.02 Å². The molecular weight excluding hydrogens is 284 g/mol. The summed E-state index contributed by atoms with van der Waals surface area (Å²) < 4.78 is 25.9. The molecule has 0 saturated heterocycles. The Bertz CT molecular complexity index is 619. The Morgan fingerprint density at radius 1 is 1.20 bits per heavy atom. The van der Waals surface area contributed by atoms with E-state index in [2.05, 4.69) is 5.32 Å². The molecule has 0 aliphatic rings. The monoisotopic (exact) mass is 297 g/mol. The fourth-order valence-electron chi connectivity index (χ4n) is 1.91. The Balaban J connectivity index is 2.04. The molecule has 2 aromatic rings. The number of aromatic hydroxyl groups is 1. The van der Waals surface area contributed by atoms with Crippen molar-refractivity contribution in [2.24, 2.45) is 0 Å². The van der Waals surface area contributed by atoms with Crippen molar-refractivity contribution in [2.75, 3.05) is 0 Å². The number of hydrogen-bond donors (Lipinski definition) is 2. The van der Waals surface area contributed by atoms with Crippen molar-refractivity contribution in [1.29, 1.82) is 0 Å². The number of hydrogen-bond acceptors (Lipinski definition) is 2. The highest BCUT2D eigenvalue weighted by Crippen LogP contribution is 2.25. The van der Waals surface area contributed by atoms with Crippen LogP contribution in [-0.4, -0.2) is 5.11 Å². The van der Waals surface area contributed by atoms with Crippen LogP contribution in [0.4, 0.5) is 8.78 Å². The maximum absolute atomic E-state index is 13.0.